The van der Waals surface area contributed by atoms with Crippen LogP contribution in [0.4, 0.5) is 5.69 Å². The van der Waals surface area contributed by atoms with Gasteiger partial charge in [0.15, 0.2) is 0 Å². The summed E-state index contributed by atoms with van der Waals surface area (Å²) in [5.74, 6) is -0.601. The van der Waals surface area contributed by atoms with Crippen LogP contribution in [0.15, 0.2) is 24.3 Å². The Kier molecular flexibility index (Phi) is 6.64. The second kappa shape index (κ2) is 9.16. The fourth-order valence-electron chi connectivity index (χ4n) is 4.22. The van der Waals surface area contributed by atoms with E-state index in [9.17, 15) is 14.4 Å². The predicted molar refractivity (Wildman–Crippen MR) is 105 cm³/mol. The highest BCUT2D eigenvalue weighted by Gasteiger charge is 2.47. The van der Waals surface area contributed by atoms with E-state index in [4.69, 9.17) is 0 Å². The molecule has 2 atom stereocenters. The Morgan fingerprint density at radius 2 is 1.67 bits per heavy atom. The van der Waals surface area contributed by atoms with Crippen LogP contribution in [0.5, 0.6) is 0 Å². The van der Waals surface area contributed by atoms with Crippen LogP contribution in [-0.2, 0) is 20.8 Å². The molecule has 1 heterocycles. The van der Waals surface area contributed by atoms with Gasteiger partial charge in [-0.25, -0.2) is 0 Å². The van der Waals surface area contributed by atoms with Crippen molar-refractivity contribution in [3.05, 3.63) is 29.8 Å². The SMILES string of the molecule is CCCCCc1ccc(NC(=O)CCN2C(=O)[C@@H]3CCCC[C@H]3C2=O)cc1. The summed E-state index contributed by atoms with van der Waals surface area (Å²) in [6.07, 6.45) is 8.48. The van der Waals surface area contributed by atoms with Gasteiger partial charge in [-0.05, 0) is 43.4 Å². The lowest BCUT2D eigenvalue weighted by Gasteiger charge is -2.19. The Hall–Kier alpha value is -2.17. The third kappa shape index (κ3) is 4.76. The summed E-state index contributed by atoms with van der Waals surface area (Å²) in [5, 5.41) is 2.86. The molecule has 1 saturated carbocycles. The number of amides is 3. The van der Waals surface area contributed by atoms with Gasteiger partial charge in [0.05, 0.1) is 11.8 Å². The number of likely N-dealkylation sites (tertiary alicyclic amines) is 1. The third-order valence-corrected chi connectivity index (χ3v) is 5.80. The summed E-state index contributed by atoms with van der Waals surface area (Å²) in [7, 11) is 0. The number of anilines is 1. The molecule has 1 N–H and O–H groups in total. The van der Waals surface area contributed by atoms with Crippen LogP contribution in [0.3, 0.4) is 0 Å². The molecule has 146 valence electrons. The first-order valence-corrected chi connectivity index (χ1v) is 10.3. The van der Waals surface area contributed by atoms with E-state index in [1.807, 2.05) is 24.3 Å². The minimum atomic E-state index is -0.163. The number of fused-ring (bicyclic) bond motifs is 1. The van der Waals surface area contributed by atoms with E-state index in [1.54, 1.807) is 0 Å². The molecule has 0 unspecified atom stereocenters. The van der Waals surface area contributed by atoms with Gasteiger partial charge < -0.3 is 5.32 Å². The van der Waals surface area contributed by atoms with Crippen LogP contribution in [-0.4, -0.2) is 29.2 Å². The molecule has 2 aliphatic rings. The lowest BCUT2D eigenvalue weighted by Crippen LogP contribution is -2.34. The summed E-state index contributed by atoms with van der Waals surface area (Å²) in [6, 6.07) is 7.92. The topological polar surface area (TPSA) is 66.5 Å². The summed E-state index contributed by atoms with van der Waals surface area (Å²) in [6.45, 7) is 2.38. The van der Waals surface area contributed by atoms with E-state index in [2.05, 4.69) is 12.2 Å². The van der Waals surface area contributed by atoms with Gasteiger partial charge in [-0.1, -0.05) is 44.7 Å². The van der Waals surface area contributed by atoms with E-state index in [1.165, 1.54) is 29.7 Å². The number of carbonyl (C=O) groups is 3. The van der Waals surface area contributed by atoms with Gasteiger partial charge in [0.25, 0.3) is 0 Å². The number of rotatable bonds is 8. The number of hydrogen-bond donors (Lipinski definition) is 1. The highest BCUT2D eigenvalue weighted by atomic mass is 16.2. The minimum absolute atomic E-state index is 0.0751. The molecule has 3 amide bonds. The van der Waals surface area contributed by atoms with E-state index in [-0.39, 0.29) is 42.5 Å². The molecule has 3 rings (SSSR count). The molecule has 27 heavy (non-hydrogen) atoms. The summed E-state index contributed by atoms with van der Waals surface area (Å²) in [4.78, 5) is 38.4. The fourth-order valence-corrected chi connectivity index (χ4v) is 4.22. The van der Waals surface area contributed by atoms with Crippen LogP contribution in [0.25, 0.3) is 0 Å². The lowest BCUT2D eigenvalue weighted by atomic mass is 9.81. The molecular weight excluding hydrogens is 340 g/mol. The largest absolute Gasteiger partial charge is 0.326 e. The van der Waals surface area contributed by atoms with Gasteiger partial charge in [0, 0.05) is 18.7 Å². The Morgan fingerprint density at radius 3 is 2.26 bits per heavy atom. The number of benzene rings is 1. The molecule has 5 nitrogen and oxygen atoms in total. The standard InChI is InChI=1S/C22H30N2O3/c1-2-3-4-7-16-10-12-17(13-11-16)23-20(25)14-15-24-21(26)18-8-5-6-9-19(18)22(24)27/h10-13,18-19H,2-9,14-15H2,1H3,(H,23,25)/t18-,19-/m1/s1. The summed E-state index contributed by atoms with van der Waals surface area (Å²) in [5.41, 5.74) is 2.03. The Balaban J connectivity index is 1.47. The maximum Gasteiger partial charge on any atom is 0.233 e. The molecule has 0 spiro atoms. The quantitative estimate of drug-likeness (QED) is 0.557. The van der Waals surface area contributed by atoms with Crippen molar-refractivity contribution in [3.8, 4) is 0 Å². The van der Waals surface area contributed by atoms with Gasteiger partial charge in [-0.15, -0.1) is 0 Å². The van der Waals surface area contributed by atoms with Crippen LogP contribution < -0.4 is 5.32 Å². The van der Waals surface area contributed by atoms with Crippen molar-refractivity contribution in [2.75, 3.05) is 11.9 Å². The summed E-state index contributed by atoms with van der Waals surface area (Å²) >= 11 is 0. The van der Waals surface area contributed by atoms with Crippen molar-refractivity contribution in [2.24, 2.45) is 11.8 Å². The molecule has 1 aromatic rings. The first-order valence-electron chi connectivity index (χ1n) is 10.3. The monoisotopic (exact) mass is 370 g/mol. The molecule has 0 aromatic heterocycles. The molecule has 2 fully saturated rings. The van der Waals surface area contributed by atoms with E-state index >= 15 is 0 Å². The minimum Gasteiger partial charge on any atom is -0.326 e. The van der Waals surface area contributed by atoms with Crippen LogP contribution in [0, 0.1) is 11.8 Å². The van der Waals surface area contributed by atoms with Gasteiger partial charge in [0.2, 0.25) is 17.7 Å². The van der Waals surface area contributed by atoms with E-state index in [0.717, 1.165) is 37.8 Å². The van der Waals surface area contributed by atoms with Crippen LogP contribution in [0.1, 0.15) is 63.9 Å². The van der Waals surface area contributed by atoms with Crippen LogP contribution in [0.2, 0.25) is 0 Å². The van der Waals surface area contributed by atoms with Crippen molar-refractivity contribution in [2.45, 2.75) is 64.7 Å². The average molecular weight is 370 g/mol. The molecule has 1 aliphatic heterocycles. The Labute approximate surface area is 161 Å². The van der Waals surface area contributed by atoms with Crippen LogP contribution >= 0.6 is 0 Å². The highest BCUT2D eigenvalue weighted by Crippen LogP contribution is 2.37. The average Bonchev–Trinajstić information content (AvgIpc) is 2.92. The predicted octanol–water partition coefficient (Wildman–Crippen LogP) is 3.92. The molecule has 5 heteroatoms. The Morgan fingerprint density at radius 1 is 1.04 bits per heavy atom. The molecular formula is C22H30N2O3. The van der Waals surface area contributed by atoms with Crippen molar-refractivity contribution in [1.29, 1.82) is 0 Å². The first-order chi connectivity index (χ1) is 13.1. The second-order valence-corrected chi connectivity index (χ2v) is 7.78. The van der Waals surface area contributed by atoms with Gasteiger partial charge in [-0.2, -0.15) is 0 Å². The maximum atomic E-state index is 12.4. The fraction of sp³-hybridized carbons (Fsp3) is 0.591. The van der Waals surface area contributed by atoms with Gasteiger partial charge >= 0.3 is 0 Å². The van der Waals surface area contributed by atoms with Gasteiger partial charge in [0.1, 0.15) is 0 Å². The number of nitrogens with zero attached hydrogens (tertiary/aromatic N) is 1. The molecule has 0 bridgehead atoms. The second-order valence-electron chi connectivity index (χ2n) is 7.78. The summed E-state index contributed by atoms with van der Waals surface area (Å²) < 4.78 is 0. The molecule has 1 aliphatic carbocycles. The van der Waals surface area contributed by atoms with Crippen molar-refractivity contribution >= 4 is 23.4 Å². The number of imide groups is 1. The number of unbranched alkanes of at least 4 members (excludes halogenated alkanes) is 2. The number of carbonyl (C=O) groups excluding carboxylic acids is 3. The maximum absolute atomic E-state index is 12.4. The van der Waals surface area contributed by atoms with Crippen molar-refractivity contribution in [3.63, 3.8) is 0 Å². The first kappa shape index (κ1) is 19.6. The lowest BCUT2D eigenvalue weighted by molar-refractivity contribution is -0.140. The Bertz CT molecular complexity index is 659. The smallest absolute Gasteiger partial charge is 0.233 e. The zero-order chi connectivity index (χ0) is 19.2. The zero-order valence-electron chi connectivity index (χ0n) is 16.2. The van der Waals surface area contributed by atoms with Crippen molar-refractivity contribution < 1.29 is 14.4 Å². The normalized spacial score (nSPS) is 22.0. The van der Waals surface area contributed by atoms with Crippen molar-refractivity contribution in [1.82, 2.24) is 4.90 Å². The number of aryl methyl sites for hydroxylation is 1. The molecule has 0 radical (unpaired) electrons. The molecule has 1 saturated heterocycles. The number of nitrogens with one attached hydrogen (secondary N) is 1. The van der Waals surface area contributed by atoms with E-state index in [0.29, 0.717) is 0 Å². The highest BCUT2D eigenvalue weighted by molar-refractivity contribution is 6.05. The zero-order valence-corrected chi connectivity index (χ0v) is 16.2. The number of hydrogen-bond acceptors (Lipinski definition) is 3. The van der Waals surface area contributed by atoms with E-state index < -0.39 is 0 Å². The third-order valence-electron chi connectivity index (χ3n) is 5.80. The molecule has 1 aromatic carbocycles. The van der Waals surface area contributed by atoms with Gasteiger partial charge in [-0.3, -0.25) is 19.3 Å².